The molecule has 0 saturated heterocycles. The van der Waals surface area contributed by atoms with E-state index in [1.54, 1.807) is 0 Å². The van der Waals surface area contributed by atoms with Crippen LogP contribution in [0.25, 0.3) is 0 Å². The molecular formula is C13H20N2O. The molecule has 1 aromatic rings. The molecule has 1 rings (SSSR count). The summed E-state index contributed by atoms with van der Waals surface area (Å²) in [6.45, 7) is 7.49. The maximum absolute atomic E-state index is 12.2. The highest BCUT2D eigenvalue weighted by atomic mass is 16.2. The van der Waals surface area contributed by atoms with Crippen LogP contribution in [0.4, 0.5) is 5.69 Å². The molecule has 0 saturated carbocycles. The van der Waals surface area contributed by atoms with Gasteiger partial charge in [0, 0.05) is 24.3 Å². The van der Waals surface area contributed by atoms with Crippen LogP contribution in [0.2, 0.25) is 0 Å². The Labute approximate surface area is 97.2 Å². The number of carbonyl (C=O) groups is 1. The van der Waals surface area contributed by atoms with Crippen LogP contribution in [0.15, 0.2) is 18.2 Å². The lowest BCUT2D eigenvalue weighted by Gasteiger charge is -2.21. The molecular weight excluding hydrogens is 200 g/mol. The van der Waals surface area contributed by atoms with E-state index in [-0.39, 0.29) is 5.91 Å². The molecule has 1 amide bonds. The summed E-state index contributed by atoms with van der Waals surface area (Å²) >= 11 is 0. The number of rotatable bonds is 4. The minimum atomic E-state index is 0.0779. The summed E-state index contributed by atoms with van der Waals surface area (Å²) in [6, 6.07) is 5.49. The summed E-state index contributed by atoms with van der Waals surface area (Å²) in [5.41, 5.74) is 8.08. The highest BCUT2D eigenvalue weighted by molar-refractivity contribution is 5.96. The van der Waals surface area contributed by atoms with Crippen molar-refractivity contribution in [3.8, 4) is 0 Å². The molecule has 0 spiro atoms. The summed E-state index contributed by atoms with van der Waals surface area (Å²) in [7, 11) is 0. The van der Waals surface area contributed by atoms with Crippen molar-refractivity contribution < 1.29 is 4.79 Å². The van der Waals surface area contributed by atoms with Gasteiger partial charge in [0.15, 0.2) is 0 Å². The first-order valence-corrected chi connectivity index (χ1v) is 5.76. The van der Waals surface area contributed by atoms with Crippen molar-refractivity contribution in [2.45, 2.75) is 27.2 Å². The monoisotopic (exact) mass is 220 g/mol. The predicted molar refractivity (Wildman–Crippen MR) is 67.5 cm³/mol. The molecule has 1 aromatic carbocycles. The van der Waals surface area contributed by atoms with Crippen LogP contribution in [0.1, 0.15) is 36.2 Å². The van der Waals surface area contributed by atoms with Gasteiger partial charge in [-0.05, 0) is 38.0 Å². The Bertz CT molecular complexity index is 374. The van der Waals surface area contributed by atoms with Crippen LogP contribution in [0.5, 0.6) is 0 Å². The Morgan fingerprint density at radius 3 is 2.62 bits per heavy atom. The van der Waals surface area contributed by atoms with Gasteiger partial charge < -0.3 is 10.6 Å². The topological polar surface area (TPSA) is 46.3 Å². The van der Waals surface area contributed by atoms with Gasteiger partial charge >= 0.3 is 0 Å². The maximum Gasteiger partial charge on any atom is 0.254 e. The standard InChI is InChI=1S/C13H20N2O/c1-4-9-15(5-2)13(16)11-7-6-8-12(14)10(11)3/h6-8H,4-5,9,14H2,1-3H3. The minimum Gasteiger partial charge on any atom is -0.398 e. The van der Waals surface area contributed by atoms with Crippen molar-refractivity contribution in [2.75, 3.05) is 18.8 Å². The van der Waals surface area contributed by atoms with E-state index >= 15 is 0 Å². The third-order valence-corrected chi connectivity index (χ3v) is 2.77. The molecule has 0 aliphatic heterocycles. The first kappa shape index (κ1) is 12.6. The number of nitrogens with zero attached hydrogens (tertiary/aromatic N) is 1. The molecule has 0 radical (unpaired) electrons. The van der Waals surface area contributed by atoms with Gasteiger partial charge in [0.05, 0.1) is 0 Å². The average Bonchev–Trinajstić information content (AvgIpc) is 2.29. The molecule has 0 aliphatic rings. The zero-order valence-electron chi connectivity index (χ0n) is 10.3. The zero-order valence-corrected chi connectivity index (χ0v) is 10.3. The minimum absolute atomic E-state index is 0.0779. The largest absolute Gasteiger partial charge is 0.398 e. The van der Waals surface area contributed by atoms with Gasteiger partial charge in [0.2, 0.25) is 0 Å². The van der Waals surface area contributed by atoms with E-state index < -0.39 is 0 Å². The number of nitrogens with two attached hydrogens (primary N) is 1. The second kappa shape index (κ2) is 5.54. The van der Waals surface area contributed by atoms with Crippen molar-refractivity contribution in [1.82, 2.24) is 4.90 Å². The molecule has 88 valence electrons. The Morgan fingerprint density at radius 2 is 2.06 bits per heavy atom. The SMILES string of the molecule is CCCN(CC)C(=O)c1cccc(N)c1C. The number of amides is 1. The molecule has 0 heterocycles. The van der Waals surface area contributed by atoms with E-state index in [4.69, 9.17) is 5.73 Å². The van der Waals surface area contributed by atoms with Gasteiger partial charge in [0.1, 0.15) is 0 Å². The lowest BCUT2D eigenvalue weighted by atomic mass is 10.1. The molecule has 3 nitrogen and oxygen atoms in total. The van der Waals surface area contributed by atoms with Crippen molar-refractivity contribution in [1.29, 1.82) is 0 Å². The van der Waals surface area contributed by atoms with Crippen molar-refractivity contribution in [3.05, 3.63) is 29.3 Å². The number of anilines is 1. The van der Waals surface area contributed by atoms with Crippen LogP contribution in [0, 0.1) is 6.92 Å². The van der Waals surface area contributed by atoms with Crippen LogP contribution < -0.4 is 5.73 Å². The molecule has 0 atom stereocenters. The third-order valence-electron chi connectivity index (χ3n) is 2.77. The number of benzene rings is 1. The van der Waals surface area contributed by atoms with Crippen LogP contribution in [-0.2, 0) is 0 Å². The van der Waals surface area contributed by atoms with E-state index in [1.165, 1.54) is 0 Å². The molecule has 0 fully saturated rings. The molecule has 16 heavy (non-hydrogen) atoms. The summed E-state index contributed by atoms with van der Waals surface area (Å²) in [5, 5.41) is 0. The van der Waals surface area contributed by atoms with Crippen molar-refractivity contribution in [3.63, 3.8) is 0 Å². The van der Waals surface area contributed by atoms with Crippen LogP contribution in [0.3, 0.4) is 0 Å². The number of hydrogen-bond donors (Lipinski definition) is 1. The van der Waals surface area contributed by atoms with Gasteiger partial charge in [-0.15, -0.1) is 0 Å². The smallest absolute Gasteiger partial charge is 0.254 e. The van der Waals surface area contributed by atoms with E-state index in [2.05, 4.69) is 6.92 Å². The summed E-state index contributed by atoms with van der Waals surface area (Å²) in [4.78, 5) is 14.1. The van der Waals surface area contributed by atoms with E-state index in [9.17, 15) is 4.79 Å². The zero-order chi connectivity index (χ0) is 12.1. The van der Waals surface area contributed by atoms with Crippen molar-refractivity contribution >= 4 is 11.6 Å². The van der Waals surface area contributed by atoms with E-state index in [0.717, 1.165) is 30.6 Å². The predicted octanol–water partition coefficient (Wildman–Crippen LogP) is 2.45. The number of nitrogen functional groups attached to an aromatic ring is 1. The Balaban J connectivity index is 2.99. The molecule has 0 unspecified atom stereocenters. The van der Waals surface area contributed by atoms with Gasteiger partial charge in [-0.25, -0.2) is 0 Å². The molecule has 0 aliphatic carbocycles. The molecule has 0 aromatic heterocycles. The first-order chi connectivity index (χ1) is 7.61. The molecule has 0 bridgehead atoms. The lowest BCUT2D eigenvalue weighted by Crippen LogP contribution is -2.32. The Kier molecular flexibility index (Phi) is 4.35. The maximum atomic E-state index is 12.2. The quantitative estimate of drug-likeness (QED) is 0.792. The van der Waals surface area contributed by atoms with Crippen molar-refractivity contribution in [2.24, 2.45) is 0 Å². The Morgan fingerprint density at radius 1 is 1.38 bits per heavy atom. The van der Waals surface area contributed by atoms with E-state index in [1.807, 2.05) is 36.9 Å². The fourth-order valence-corrected chi connectivity index (χ4v) is 1.73. The fourth-order valence-electron chi connectivity index (χ4n) is 1.73. The summed E-state index contributed by atoms with van der Waals surface area (Å²) in [5.74, 6) is 0.0779. The molecule has 3 heteroatoms. The number of hydrogen-bond acceptors (Lipinski definition) is 2. The second-order valence-corrected chi connectivity index (χ2v) is 3.90. The number of carbonyl (C=O) groups excluding carboxylic acids is 1. The highest BCUT2D eigenvalue weighted by Crippen LogP contribution is 2.17. The first-order valence-electron chi connectivity index (χ1n) is 5.76. The van der Waals surface area contributed by atoms with E-state index in [0.29, 0.717) is 5.69 Å². The fraction of sp³-hybridized carbons (Fsp3) is 0.462. The Hall–Kier alpha value is -1.51. The average molecular weight is 220 g/mol. The normalized spacial score (nSPS) is 10.2. The van der Waals surface area contributed by atoms with Gasteiger partial charge in [0.25, 0.3) is 5.91 Å². The molecule has 2 N–H and O–H groups in total. The summed E-state index contributed by atoms with van der Waals surface area (Å²) < 4.78 is 0. The lowest BCUT2D eigenvalue weighted by molar-refractivity contribution is 0.0764. The third kappa shape index (κ3) is 2.54. The second-order valence-electron chi connectivity index (χ2n) is 3.90. The van der Waals surface area contributed by atoms with Gasteiger partial charge in [-0.1, -0.05) is 13.0 Å². The van der Waals surface area contributed by atoms with Gasteiger partial charge in [-0.3, -0.25) is 4.79 Å². The van der Waals surface area contributed by atoms with Crippen LogP contribution in [-0.4, -0.2) is 23.9 Å². The highest BCUT2D eigenvalue weighted by Gasteiger charge is 2.15. The summed E-state index contributed by atoms with van der Waals surface area (Å²) in [6.07, 6.45) is 0.973. The van der Waals surface area contributed by atoms with Gasteiger partial charge in [-0.2, -0.15) is 0 Å². The van der Waals surface area contributed by atoms with Crippen LogP contribution >= 0.6 is 0 Å².